The van der Waals surface area contributed by atoms with Crippen molar-refractivity contribution in [1.82, 2.24) is 4.98 Å². The maximum atomic E-state index is 13.4. The predicted octanol–water partition coefficient (Wildman–Crippen LogP) is 2.23. The third-order valence-electron chi connectivity index (χ3n) is 2.65. The number of Topliss-reactive ketones (excluding diaryl/α,β-unsaturated/α-hetero) is 1. The molecule has 0 saturated heterocycles. The minimum Gasteiger partial charge on any atom is -0.350 e. The maximum Gasteiger partial charge on any atom is 0.195 e. The van der Waals surface area contributed by atoms with Crippen molar-refractivity contribution in [3.63, 3.8) is 0 Å². The van der Waals surface area contributed by atoms with Crippen molar-refractivity contribution >= 4 is 16.7 Å². The topological polar surface area (TPSA) is 58.9 Å². The molecule has 2 aromatic rings. The Bertz CT molecular complexity index is 533. The fourth-order valence-corrected chi connectivity index (χ4v) is 1.64. The monoisotopic (exact) mass is 220 g/mol. The van der Waals surface area contributed by atoms with E-state index in [0.29, 0.717) is 23.0 Å². The third-order valence-corrected chi connectivity index (χ3v) is 2.65. The van der Waals surface area contributed by atoms with E-state index < -0.39 is 6.04 Å². The third kappa shape index (κ3) is 1.72. The lowest BCUT2D eigenvalue weighted by atomic mass is 10.1. The second-order valence-corrected chi connectivity index (χ2v) is 3.77. The lowest BCUT2D eigenvalue weighted by Crippen LogP contribution is -2.29. The van der Waals surface area contributed by atoms with Gasteiger partial charge < -0.3 is 10.7 Å². The minimum absolute atomic E-state index is 0.182. The van der Waals surface area contributed by atoms with Gasteiger partial charge in [-0.15, -0.1) is 0 Å². The number of H-pyrrole nitrogens is 1. The minimum atomic E-state index is -0.531. The standard InChI is InChI=1S/C12H13FN2O/c1-2-9(14)12(16)10-6-7-4-3-5-8(13)11(7)15-10/h3-6,9,15H,2,14H2,1H3. The van der Waals surface area contributed by atoms with Gasteiger partial charge in [0.1, 0.15) is 5.82 Å². The molecule has 3 nitrogen and oxygen atoms in total. The number of fused-ring (bicyclic) bond motifs is 1. The van der Waals surface area contributed by atoms with Crippen LogP contribution < -0.4 is 5.73 Å². The average Bonchev–Trinajstić information content (AvgIpc) is 2.72. The molecule has 0 aliphatic rings. The van der Waals surface area contributed by atoms with Crippen LogP contribution in [0.2, 0.25) is 0 Å². The van der Waals surface area contributed by atoms with Crippen LogP contribution >= 0.6 is 0 Å². The molecule has 1 aromatic carbocycles. The molecule has 0 saturated carbocycles. The molecule has 1 aromatic heterocycles. The van der Waals surface area contributed by atoms with Crippen LogP contribution in [-0.2, 0) is 0 Å². The van der Waals surface area contributed by atoms with Crippen molar-refractivity contribution < 1.29 is 9.18 Å². The van der Waals surface area contributed by atoms with Crippen LogP contribution in [0, 0.1) is 5.82 Å². The fourth-order valence-electron chi connectivity index (χ4n) is 1.64. The number of aromatic amines is 1. The van der Waals surface area contributed by atoms with Crippen molar-refractivity contribution in [2.24, 2.45) is 5.73 Å². The Morgan fingerprint density at radius 1 is 1.56 bits per heavy atom. The number of aromatic nitrogens is 1. The molecule has 0 aliphatic heterocycles. The van der Waals surface area contributed by atoms with Crippen molar-refractivity contribution in [3.8, 4) is 0 Å². The number of para-hydroxylation sites is 1. The molecular formula is C12H13FN2O. The first-order chi connectivity index (χ1) is 7.63. The molecule has 0 amide bonds. The molecule has 0 fully saturated rings. The van der Waals surface area contributed by atoms with Gasteiger partial charge in [0, 0.05) is 5.39 Å². The second-order valence-electron chi connectivity index (χ2n) is 3.77. The molecule has 1 heterocycles. The van der Waals surface area contributed by atoms with Crippen LogP contribution in [0.1, 0.15) is 23.8 Å². The summed E-state index contributed by atoms with van der Waals surface area (Å²) in [5, 5.41) is 0.687. The van der Waals surface area contributed by atoms with E-state index in [0.717, 1.165) is 0 Å². The zero-order valence-electron chi connectivity index (χ0n) is 8.96. The number of halogens is 1. The molecule has 0 bridgehead atoms. The number of rotatable bonds is 3. The highest BCUT2D eigenvalue weighted by Crippen LogP contribution is 2.19. The normalized spacial score (nSPS) is 12.9. The highest BCUT2D eigenvalue weighted by Gasteiger charge is 2.16. The highest BCUT2D eigenvalue weighted by molar-refractivity contribution is 6.02. The predicted molar refractivity (Wildman–Crippen MR) is 60.9 cm³/mol. The van der Waals surface area contributed by atoms with Crippen molar-refractivity contribution in [3.05, 3.63) is 35.8 Å². The van der Waals surface area contributed by atoms with Gasteiger partial charge in [0.25, 0.3) is 0 Å². The summed E-state index contributed by atoms with van der Waals surface area (Å²) in [4.78, 5) is 14.6. The SMILES string of the molecule is CCC(N)C(=O)c1cc2cccc(F)c2[nH]1. The van der Waals surface area contributed by atoms with E-state index in [-0.39, 0.29) is 11.6 Å². The number of carbonyl (C=O) groups excluding carboxylic acids is 1. The van der Waals surface area contributed by atoms with E-state index in [1.54, 1.807) is 18.2 Å². The van der Waals surface area contributed by atoms with Crippen molar-refractivity contribution in [1.29, 1.82) is 0 Å². The Morgan fingerprint density at radius 2 is 2.31 bits per heavy atom. The van der Waals surface area contributed by atoms with Crippen molar-refractivity contribution in [2.75, 3.05) is 0 Å². The molecule has 2 rings (SSSR count). The summed E-state index contributed by atoms with van der Waals surface area (Å²) in [6.07, 6.45) is 0.566. The number of benzene rings is 1. The van der Waals surface area contributed by atoms with Crippen LogP contribution in [0.15, 0.2) is 24.3 Å². The first-order valence-electron chi connectivity index (χ1n) is 5.20. The smallest absolute Gasteiger partial charge is 0.195 e. The molecule has 0 spiro atoms. The van der Waals surface area contributed by atoms with E-state index in [4.69, 9.17) is 5.73 Å². The molecule has 1 unspecified atom stereocenters. The summed E-state index contributed by atoms with van der Waals surface area (Å²) in [6.45, 7) is 1.84. The van der Waals surface area contributed by atoms with Gasteiger partial charge >= 0.3 is 0 Å². The number of nitrogens with two attached hydrogens (primary N) is 1. The van der Waals surface area contributed by atoms with Crippen LogP contribution in [0.5, 0.6) is 0 Å². The summed E-state index contributed by atoms with van der Waals surface area (Å²) in [5.74, 6) is -0.542. The van der Waals surface area contributed by atoms with E-state index >= 15 is 0 Å². The summed E-state index contributed by atoms with van der Waals surface area (Å²) < 4.78 is 13.4. The summed E-state index contributed by atoms with van der Waals surface area (Å²) >= 11 is 0. The number of carbonyl (C=O) groups is 1. The Morgan fingerprint density at radius 3 is 2.94 bits per heavy atom. The Kier molecular flexibility index (Phi) is 2.75. The van der Waals surface area contributed by atoms with Gasteiger partial charge in [0.2, 0.25) is 0 Å². The van der Waals surface area contributed by atoms with Crippen LogP contribution in [0.4, 0.5) is 4.39 Å². The van der Waals surface area contributed by atoms with Crippen LogP contribution in [0.25, 0.3) is 10.9 Å². The molecule has 4 heteroatoms. The molecule has 0 radical (unpaired) electrons. The summed E-state index contributed by atoms with van der Waals surface area (Å²) in [5.41, 5.74) is 6.37. The zero-order chi connectivity index (χ0) is 11.7. The molecular weight excluding hydrogens is 207 g/mol. The maximum absolute atomic E-state index is 13.4. The van der Waals surface area contributed by atoms with Gasteiger partial charge in [0.05, 0.1) is 17.3 Å². The Hall–Kier alpha value is -1.68. The lowest BCUT2D eigenvalue weighted by Gasteiger charge is -2.04. The molecule has 1 atom stereocenters. The largest absolute Gasteiger partial charge is 0.350 e. The van der Waals surface area contributed by atoms with Gasteiger partial charge in [-0.05, 0) is 18.6 Å². The second kappa shape index (κ2) is 4.06. The first-order valence-corrected chi connectivity index (χ1v) is 5.20. The van der Waals surface area contributed by atoms with Gasteiger partial charge in [-0.3, -0.25) is 4.79 Å². The van der Waals surface area contributed by atoms with E-state index in [1.165, 1.54) is 6.07 Å². The quantitative estimate of drug-likeness (QED) is 0.779. The van der Waals surface area contributed by atoms with Crippen molar-refractivity contribution in [2.45, 2.75) is 19.4 Å². The number of ketones is 1. The van der Waals surface area contributed by atoms with Crippen LogP contribution in [0.3, 0.4) is 0 Å². The van der Waals surface area contributed by atoms with E-state index in [1.807, 2.05) is 6.92 Å². The molecule has 0 aliphatic carbocycles. The Labute approximate surface area is 92.4 Å². The number of hydrogen-bond acceptors (Lipinski definition) is 2. The summed E-state index contributed by atoms with van der Waals surface area (Å²) in [6, 6.07) is 5.82. The van der Waals surface area contributed by atoms with E-state index in [9.17, 15) is 9.18 Å². The summed E-state index contributed by atoms with van der Waals surface area (Å²) in [7, 11) is 0. The number of nitrogens with one attached hydrogen (secondary N) is 1. The molecule has 16 heavy (non-hydrogen) atoms. The van der Waals surface area contributed by atoms with E-state index in [2.05, 4.69) is 4.98 Å². The van der Waals surface area contributed by atoms with Gasteiger partial charge in [-0.25, -0.2) is 4.39 Å². The zero-order valence-corrected chi connectivity index (χ0v) is 8.96. The van der Waals surface area contributed by atoms with Gasteiger partial charge in [-0.1, -0.05) is 19.1 Å². The Balaban J connectivity index is 2.48. The van der Waals surface area contributed by atoms with Crippen LogP contribution in [-0.4, -0.2) is 16.8 Å². The lowest BCUT2D eigenvalue weighted by molar-refractivity contribution is 0.0955. The number of hydrogen-bond donors (Lipinski definition) is 2. The average molecular weight is 220 g/mol. The molecule has 84 valence electrons. The molecule has 3 N–H and O–H groups in total. The first kappa shape index (κ1) is 10.8. The fraction of sp³-hybridized carbons (Fsp3) is 0.250. The highest BCUT2D eigenvalue weighted by atomic mass is 19.1. The van der Waals surface area contributed by atoms with Gasteiger partial charge in [0.15, 0.2) is 5.78 Å². The van der Waals surface area contributed by atoms with Gasteiger partial charge in [-0.2, -0.15) is 0 Å².